The Balaban J connectivity index is 1.79. The Hall–Kier alpha value is -2.94. The molecular formula is C20H15ClF3N3O2. The molecule has 1 saturated heterocycles. The molecule has 0 bridgehead atoms. The summed E-state index contributed by atoms with van der Waals surface area (Å²) in [5.41, 5.74) is 1.26. The number of nitriles is 2. The van der Waals surface area contributed by atoms with E-state index in [0.717, 1.165) is 4.90 Å². The SMILES string of the molecule is Cc1c(N2CC(COc3ccc(C#N)cc3)OC2C(F)(F)F)ccc(C#N)c1Cl. The monoisotopic (exact) mass is 421 g/mol. The minimum Gasteiger partial charge on any atom is -0.491 e. The van der Waals surface area contributed by atoms with Gasteiger partial charge in [-0.15, -0.1) is 0 Å². The minimum absolute atomic E-state index is 0.0659. The molecule has 0 spiro atoms. The van der Waals surface area contributed by atoms with Crippen molar-refractivity contribution in [2.45, 2.75) is 25.4 Å². The number of alkyl halides is 3. The zero-order valence-electron chi connectivity index (χ0n) is 15.2. The number of nitrogens with zero attached hydrogens (tertiary/aromatic N) is 3. The van der Waals surface area contributed by atoms with Gasteiger partial charge in [-0.3, -0.25) is 0 Å². The van der Waals surface area contributed by atoms with E-state index in [0.29, 0.717) is 16.9 Å². The summed E-state index contributed by atoms with van der Waals surface area (Å²) in [6.07, 6.45) is -7.62. The molecule has 29 heavy (non-hydrogen) atoms. The van der Waals surface area contributed by atoms with E-state index in [2.05, 4.69) is 0 Å². The maximum absolute atomic E-state index is 13.6. The van der Waals surface area contributed by atoms with E-state index in [1.54, 1.807) is 31.2 Å². The fourth-order valence-electron chi connectivity index (χ4n) is 3.07. The van der Waals surface area contributed by atoms with E-state index >= 15 is 0 Å². The van der Waals surface area contributed by atoms with Crippen LogP contribution < -0.4 is 9.64 Å². The van der Waals surface area contributed by atoms with Crippen molar-refractivity contribution in [3.05, 3.63) is 58.1 Å². The Kier molecular flexibility index (Phi) is 5.88. The van der Waals surface area contributed by atoms with Crippen molar-refractivity contribution in [1.82, 2.24) is 0 Å². The Morgan fingerprint density at radius 2 is 1.86 bits per heavy atom. The van der Waals surface area contributed by atoms with Crippen molar-refractivity contribution in [2.75, 3.05) is 18.1 Å². The maximum atomic E-state index is 13.6. The van der Waals surface area contributed by atoms with Crippen LogP contribution >= 0.6 is 11.6 Å². The summed E-state index contributed by atoms with van der Waals surface area (Å²) in [5.74, 6) is 0.423. The number of anilines is 1. The van der Waals surface area contributed by atoms with Gasteiger partial charge >= 0.3 is 6.18 Å². The molecule has 2 aromatic carbocycles. The lowest BCUT2D eigenvalue weighted by molar-refractivity contribution is -0.215. The lowest BCUT2D eigenvalue weighted by Crippen LogP contribution is -2.42. The van der Waals surface area contributed by atoms with Gasteiger partial charge < -0.3 is 14.4 Å². The standard InChI is InChI=1S/C20H15ClF3N3O2/c1-12-17(7-4-14(9-26)18(12)21)27-10-16(29-19(27)20(22,23)24)11-28-15-5-2-13(8-25)3-6-15/h2-7,16,19H,10-11H2,1H3. The van der Waals surface area contributed by atoms with Gasteiger partial charge in [0.2, 0.25) is 6.23 Å². The Morgan fingerprint density at radius 3 is 2.45 bits per heavy atom. The fourth-order valence-corrected chi connectivity index (χ4v) is 3.27. The molecule has 0 aliphatic carbocycles. The van der Waals surface area contributed by atoms with Gasteiger partial charge in [0.25, 0.3) is 0 Å². The molecule has 1 fully saturated rings. The smallest absolute Gasteiger partial charge is 0.433 e. The summed E-state index contributed by atoms with van der Waals surface area (Å²) < 4.78 is 51.5. The van der Waals surface area contributed by atoms with Crippen molar-refractivity contribution >= 4 is 17.3 Å². The summed E-state index contributed by atoms with van der Waals surface area (Å²) >= 11 is 6.12. The van der Waals surface area contributed by atoms with Crippen molar-refractivity contribution in [3.63, 3.8) is 0 Å². The molecule has 1 aliphatic rings. The number of halogens is 4. The first kappa shape index (κ1) is 20.8. The number of benzene rings is 2. The van der Waals surface area contributed by atoms with Crippen LogP contribution in [0.25, 0.3) is 0 Å². The minimum atomic E-state index is -4.63. The van der Waals surface area contributed by atoms with Crippen molar-refractivity contribution in [3.8, 4) is 17.9 Å². The van der Waals surface area contributed by atoms with Gasteiger partial charge in [-0.2, -0.15) is 23.7 Å². The van der Waals surface area contributed by atoms with Crippen LogP contribution in [-0.4, -0.2) is 31.7 Å². The van der Waals surface area contributed by atoms with Gasteiger partial charge in [-0.1, -0.05) is 11.6 Å². The number of ether oxygens (including phenoxy) is 2. The van der Waals surface area contributed by atoms with Crippen LogP contribution in [0, 0.1) is 29.6 Å². The van der Waals surface area contributed by atoms with Crippen LogP contribution in [0.4, 0.5) is 18.9 Å². The van der Waals surface area contributed by atoms with Crippen LogP contribution in [0.3, 0.4) is 0 Å². The van der Waals surface area contributed by atoms with E-state index in [-0.39, 0.29) is 29.4 Å². The van der Waals surface area contributed by atoms with Gasteiger partial charge in [-0.05, 0) is 48.9 Å². The predicted octanol–water partition coefficient (Wildman–Crippen LogP) is 4.56. The number of hydrogen-bond acceptors (Lipinski definition) is 5. The van der Waals surface area contributed by atoms with E-state index in [1.165, 1.54) is 12.1 Å². The average molecular weight is 422 g/mol. The molecule has 2 aromatic rings. The Labute approximate surface area is 170 Å². The zero-order chi connectivity index (χ0) is 21.2. The second-order valence-corrected chi connectivity index (χ2v) is 6.81. The van der Waals surface area contributed by atoms with Crippen molar-refractivity contribution in [1.29, 1.82) is 10.5 Å². The second kappa shape index (κ2) is 8.20. The zero-order valence-corrected chi connectivity index (χ0v) is 16.0. The fraction of sp³-hybridized carbons (Fsp3) is 0.300. The first-order valence-corrected chi connectivity index (χ1v) is 8.93. The molecule has 1 aliphatic heterocycles. The molecule has 0 radical (unpaired) electrons. The van der Waals surface area contributed by atoms with E-state index in [9.17, 15) is 13.2 Å². The first-order valence-electron chi connectivity index (χ1n) is 8.55. The highest BCUT2D eigenvalue weighted by atomic mass is 35.5. The molecule has 150 valence electrons. The molecule has 1 heterocycles. The lowest BCUT2D eigenvalue weighted by Gasteiger charge is -2.28. The average Bonchev–Trinajstić information content (AvgIpc) is 3.13. The summed E-state index contributed by atoms with van der Waals surface area (Å²) in [7, 11) is 0. The number of hydrogen-bond donors (Lipinski definition) is 0. The van der Waals surface area contributed by atoms with Gasteiger partial charge in [0, 0.05) is 5.69 Å². The van der Waals surface area contributed by atoms with Crippen LogP contribution in [0.15, 0.2) is 36.4 Å². The third-order valence-electron chi connectivity index (χ3n) is 4.49. The summed E-state index contributed by atoms with van der Waals surface area (Å²) in [6.45, 7) is 1.40. The van der Waals surface area contributed by atoms with E-state index < -0.39 is 18.5 Å². The van der Waals surface area contributed by atoms with Gasteiger partial charge in [0.1, 0.15) is 24.5 Å². The normalized spacial score (nSPS) is 18.9. The van der Waals surface area contributed by atoms with Gasteiger partial charge in [0.05, 0.1) is 28.8 Å². The van der Waals surface area contributed by atoms with Crippen LogP contribution in [0.2, 0.25) is 5.02 Å². The molecule has 2 unspecified atom stereocenters. The van der Waals surface area contributed by atoms with Crippen LogP contribution in [0.1, 0.15) is 16.7 Å². The molecular weight excluding hydrogens is 407 g/mol. The van der Waals surface area contributed by atoms with Crippen molar-refractivity contribution in [2.24, 2.45) is 0 Å². The molecule has 0 aromatic heterocycles. The van der Waals surface area contributed by atoms with Gasteiger partial charge in [0.15, 0.2) is 0 Å². The third-order valence-corrected chi connectivity index (χ3v) is 4.98. The Bertz CT molecular complexity index is 981. The molecule has 0 amide bonds. The predicted molar refractivity (Wildman–Crippen MR) is 99.6 cm³/mol. The highest BCUT2D eigenvalue weighted by Crippen LogP contribution is 2.38. The highest BCUT2D eigenvalue weighted by molar-refractivity contribution is 6.32. The third kappa shape index (κ3) is 4.40. The summed E-state index contributed by atoms with van der Waals surface area (Å²) in [4.78, 5) is 1.08. The van der Waals surface area contributed by atoms with Crippen LogP contribution in [-0.2, 0) is 4.74 Å². The molecule has 0 saturated carbocycles. The molecule has 2 atom stereocenters. The molecule has 9 heteroatoms. The maximum Gasteiger partial charge on any atom is 0.433 e. The topological polar surface area (TPSA) is 69.3 Å². The lowest BCUT2D eigenvalue weighted by atomic mass is 10.1. The summed E-state index contributed by atoms with van der Waals surface area (Å²) in [5, 5.41) is 18.0. The quantitative estimate of drug-likeness (QED) is 0.723. The number of rotatable bonds is 4. The summed E-state index contributed by atoms with van der Waals surface area (Å²) in [6, 6.07) is 12.9. The van der Waals surface area contributed by atoms with Gasteiger partial charge in [-0.25, -0.2) is 0 Å². The van der Waals surface area contributed by atoms with E-state index in [4.69, 9.17) is 31.6 Å². The first-order chi connectivity index (χ1) is 13.7. The van der Waals surface area contributed by atoms with Crippen LogP contribution in [0.5, 0.6) is 5.75 Å². The Morgan fingerprint density at radius 1 is 1.17 bits per heavy atom. The molecule has 0 N–H and O–H groups in total. The highest BCUT2D eigenvalue weighted by Gasteiger charge is 2.51. The second-order valence-electron chi connectivity index (χ2n) is 6.43. The van der Waals surface area contributed by atoms with E-state index in [1.807, 2.05) is 12.1 Å². The largest absolute Gasteiger partial charge is 0.491 e. The van der Waals surface area contributed by atoms with Crippen molar-refractivity contribution < 1.29 is 22.6 Å². The molecule has 5 nitrogen and oxygen atoms in total. The molecule has 3 rings (SSSR count).